The van der Waals surface area contributed by atoms with Crippen molar-refractivity contribution in [1.29, 1.82) is 0 Å². The average molecular weight is 185 g/mol. The lowest BCUT2D eigenvalue weighted by atomic mass is 10.4. The fourth-order valence-corrected chi connectivity index (χ4v) is 1.59. The molecule has 1 atom stereocenters. The molecule has 1 unspecified atom stereocenters. The highest BCUT2D eigenvalue weighted by molar-refractivity contribution is 7.71. The Balaban J connectivity index is 2.46. The molecule has 0 amide bonds. The van der Waals surface area contributed by atoms with Gasteiger partial charge in [-0.15, -0.1) is 0 Å². The first kappa shape index (κ1) is 7.94. The molecule has 0 radical (unpaired) electrons. The summed E-state index contributed by atoms with van der Waals surface area (Å²) in [6.45, 7) is 1.70. The van der Waals surface area contributed by atoms with E-state index in [-0.39, 0.29) is 0 Å². The Kier molecular flexibility index (Phi) is 1.77. The lowest BCUT2D eigenvalue weighted by Gasteiger charge is -2.05. The van der Waals surface area contributed by atoms with E-state index in [0.717, 1.165) is 12.8 Å². The summed E-state index contributed by atoms with van der Waals surface area (Å²) in [6, 6.07) is 0.473. The molecule has 0 bridgehead atoms. The Morgan fingerprint density at radius 1 is 1.75 bits per heavy atom. The molecule has 66 valence electrons. The quantitative estimate of drug-likeness (QED) is 0.683. The lowest BCUT2D eigenvalue weighted by Crippen LogP contribution is -2.04. The number of aromatic amines is 1. The number of aromatic nitrogens is 3. The van der Waals surface area contributed by atoms with Crippen molar-refractivity contribution in [3.63, 3.8) is 0 Å². The van der Waals surface area contributed by atoms with Crippen LogP contribution in [0.15, 0.2) is 0 Å². The minimum Gasteiger partial charge on any atom is -0.385 e. The van der Waals surface area contributed by atoms with Crippen LogP contribution in [0.4, 0.5) is 0 Å². The van der Waals surface area contributed by atoms with Crippen LogP contribution in [-0.2, 0) is 0 Å². The van der Waals surface area contributed by atoms with Crippen LogP contribution in [0.2, 0.25) is 0 Å². The predicted octanol–water partition coefficient (Wildman–Crippen LogP) is 1.33. The molecule has 2 rings (SSSR count). The van der Waals surface area contributed by atoms with E-state index in [0.29, 0.717) is 16.6 Å². The van der Waals surface area contributed by atoms with Gasteiger partial charge in [-0.25, -0.2) is 0 Å². The molecule has 0 aliphatic heterocycles. The van der Waals surface area contributed by atoms with Crippen molar-refractivity contribution in [2.24, 2.45) is 0 Å². The van der Waals surface area contributed by atoms with Crippen molar-refractivity contribution in [3.8, 4) is 0 Å². The van der Waals surface area contributed by atoms with E-state index in [9.17, 15) is 5.11 Å². The molecule has 12 heavy (non-hydrogen) atoms. The largest absolute Gasteiger partial charge is 0.385 e. The first-order valence-electron chi connectivity index (χ1n) is 4.05. The first-order chi connectivity index (χ1) is 5.70. The SMILES string of the molecule is CC(O)c1n[nH]c(=S)n1C1CC1. The van der Waals surface area contributed by atoms with Gasteiger partial charge in [-0.05, 0) is 32.0 Å². The summed E-state index contributed by atoms with van der Waals surface area (Å²) < 4.78 is 2.54. The number of hydrogen-bond donors (Lipinski definition) is 2. The second-order valence-corrected chi connectivity index (χ2v) is 3.55. The van der Waals surface area contributed by atoms with Crippen LogP contribution in [0.25, 0.3) is 0 Å². The van der Waals surface area contributed by atoms with Crippen LogP contribution in [0.3, 0.4) is 0 Å². The predicted molar refractivity (Wildman–Crippen MR) is 46.3 cm³/mol. The molecule has 1 saturated carbocycles. The minimum atomic E-state index is -0.543. The number of nitrogens with zero attached hydrogens (tertiary/aromatic N) is 2. The number of H-pyrrole nitrogens is 1. The van der Waals surface area contributed by atoms with Crippen molar-refractivity contribution in [1.82, 2.24) is 14.8 Å². The van der Waals surface area contributed by atoms with Gasteiger partial charge < -0.3 is 5.11 Å². The molecule has 5 heteroatoms. The maximum atomic E-state index is 9.34. The Morgan fingerprint density at radius 2 is 2.42 bits per heavy atom. The fourth-order valence-electron chi connectivity index (χ4n) is 1.30. The Morgan fingerprint density at radius 3 is 2.92 bits per heavy atom. The molecule has 0 saturated heterocycles. The van der Waals surface area contributed by atoms with Crippen LogP contribution >= 0.6 is 12.2 Å². The summed E-state index contributed by atoms with van der Waals surface area (Å²) in [5.74, 6) is 0.655. The summed E-state index contributed by atoms with van der Waals surface area (Å²) in [4.78, 5) is 0. The van der Waals surface area contributed by atoms with Crippen molar-refractivity contribution in [2.75, 3.05) is 0 Å². The van der Waals surface area contributed by atoms with Gasteiger partial charge in [0, 0.05) is 6.04 Å². The average Bonchev–Trinajstić information content (AvgIpc) is 2.75. The van der Waals surface area contributed by atoms with Gasteiger partial charge in [-0.1, -0.05) is 0 Å². The Hall–Kier alpha value is -0.680. The van der Waals surface area contributed by atoms with Crippen LogP contribution in [0.5, 0.6) is 0 Å². The summed E-state index contributed by atoms with van der Waals surface area (Å²) >= 11 is 5.04. The van der Waals surface area contributed by atoms with Gasteiger partial charge in [0.1, 0.15) is 6.10 Å². The molecular weight excluding hydrogens is 174 g/mol. The second-order valence-electron chi connectivity index (χ2n) is 3.16. The zero-order chi connectivity index (χ0) is 8.72. The number of hydrogen-bond acceptors (Lipinski definition) is 3. The van der Waals surface area contributed by atoms with E-state index >= 15 is 0 Å². The van der Waals surface area contributed by atoms with Gasteiger partial charge in [0.2, 0.25) is 0 Å². The molecule has 2 N–H and O–H groups in total. The van der Waals surface area contributed by atoms with Gasteiger partial charge in [-0.3, -0.25) is 9.67 Å². The number of aliphatic hydroxyl groups is 1. The highest BCUT2D eigenvalue weighted by atomic mass is 32.1. The molecule has 1 aliphatic carbocycles. The minimum absolute atomic E-state index is 0.473. The third-order valence-electron chi connectivity index (χ3n) is 2.02. The van der Waals surface area contributed by atoms with Crippen molar-refractivity contribution in [3.05, 3.63) is 10.6 Å². The monoisotopic (exact) mass is 185 g/mol. The molecule has 0 aromatic carbocycles. The lowest BCUT2D eigenvalue weighted by molar-refractivity contribution is 0.183. The van der Waals surface area contributed by atoms with Crippen molar-refractivity contribution < 1.29 is 5.11 Å². The fraction of sp³-hybridized carbons (Fsp3) is 0.714. The van der Waals surface area contributed by atoms with Crippen LogP contribution < -0.4 is 0 Å². The zero-order valence-electron chi connectivity index (χ0n) is 6.82. The van der Waals surface area contributed by atoms with Crippen LogP contribution in [0.1, 0.15) is 37.7 Å². The van der Waals surface area contributed by atoms with E-state index in [1.54, 1.807) is 6.92 Å². The van der Waals surface area contributed by atoms with Crippen LogP contribution in [-0.4, -0.2) is 19.9 Å². The van der Waals surface area contributed by atoms with E-state index in [2.05, 4.69) is 10.2 Å². The maximum Gasteiger partial charge on any atom is 0.195 e. The Labute approximate surface area is 75.2 Å². The van der Waals surface area contributed by atoms with Gasteiger partial charge in [0.25, 0.3) is 0 Å². The molecule has 4 nitrogen and oxygen atoms in total. The number of rotatable bonds is 2. The number of nitrogens with one attached hydrogen (secondary N) is 1. The molecular formula is C7H11N3OS. The zero-order valence-corrected chi connectivity index (χ0v) is 7.64. The standard InChI is InChI=1S/C7H11N3OS/c1-4(11)6-8-9-7(12)10(6)5-2-3-5/h4-5,11H,2-3H2,1H3,(H,9,12). The van der Waals surface area contributed by atoms with E-state index in [1.165, 1.54) is 0 Å². The highest BCUT2D eigenvalue weighted by Crippen LogP contribution is 2.36. The smallest absolute Gasteiger partial charge is 0.195 e. The summed E-state index contributed by atoms with van der Waals surface area (Å²) in [7, 11) is 0. The molecule has 1 aliphatic rings. The van der Waals surface area contributed by atoms with E-state index < -0.39 is 6.10 Å². The molecule has 1 heterocycles. The summed E-state index contributed by atoms with van der Waals surface area (Å²) in [5, 5.41) is 16.0. The normalized spacial score (nSPS) is 19.5. The van der Waals surface area contributed by atoms with Crippen LogP contribution in [0, 0.1) is 4.77 Å². The van der Waals surface area contributed by atoms with Gasteiger partial charge in [0.15, 0.2) is 10.6 Å². The number of aliphatic hydroxyl groups excluding tert-OH is 1. The van der Waals surface area contributed by atoms with E-state index in [1.807, 2.05) is 4.57 Å². The van der Waals surface area contributed by atoms with Crippen molar-refractivity contribution in [2.45, 2.75) is 31.9 Å². The molecule has 0 spiro atoms. The summed E-state index contributed by atoms with van der Waals surface area (Å²) in [5.41, 5.74) is 0. The maximum absolute atomic E-state index is 9.34. The van der Waals surface area contributed by atoms with Crippen molar-refractivity contribution >= 4 is 12.2 Å². The van der Waals surface area contributed by atoms with Gasteiger partial charge >= 0.3 is 0 Å². The van der Waals surface area contributed by atoms with Gasteiger partial charge in [0.05, 0.1) is 0 Å². The topological polar surface area (TPSA) is 53.8 Å². The summed E-state index contributed by atoms with van der Waals surface area (Å²) in [6.07, 6.45) is 1.75. The highest BCUT2D eigenvalue weighted by Gasteiger charge is 2.28. The van der Waals surface area contributed by atoms with E-state index in [4.69, 9.17) is 12.2 Å². The third kappa shape index (κ3) is 1.19. The molecule has 1 aromatic heterocycles. The molecule has 1 aromatic rings. The second kappa shape index (κ2) is 2.67. The third-order valence-corrected chi connectivity index (χ3v) is 2.31. The Bertz CT molecular complexity index is 337. The van der Waals surface area contributed by atoms with Gasteiger partial charge in [-0.2, -0.15) is 5.10 Å². The molecule has 1 fully saturated rings. The first-order valence-corrected chi connectivity index (χ1v) is 4.46.